The summed E-state index contributed by atoms with van der Waals surface area (Å²) in [6, 6.07) is 9.17. The summed E-state index contributed by atoms with van der Waals surface area (Å²) >= 11 is 0. The molecule has 0 unspecified atom stereocenters. The molecule has 3 rings (SSSR count). The zero-order valence-corrected chi connectivity index (χ0v) is 14.8. The molecule has 132 valence electrons. The van der Waals surface area contributed by atoms with E-state index in [1.54, 1.807) is 4.90 Å². The highest BCUT2D eigenvalue weighted by Gasteiger charge is 2.35. The van der Waals surface area contributed by atoms with Crippen molar-refractivity contribution in [2.75, 3.05) is 13.1 Å². The molecule has 1 saturated heterocycles. The summed E-state index contributed by atoms with van der Waals surface area (Å²) in [6.07, 6.45) is 0.138. The van der Waals surface area contributed by atoms with E-state index < -0.39 is 6.04 Å². The van der Waals surface area contributed by atoms with Gasteiger partial charge in [0.25, 0.3) is 0 Å². The summed E-state index contributed by atoms with van der Waals surface area (Å²) < 4.78 is 5.72. The van der Waals surface area contributed by atoms with Gasteiger partial charge in [-0.15, -0.1) is 0 Å². The molecule has 6 nitrogen and oxygen atoms in total. The highest BCUT2D eigenvalue weighted by atomic mass is 16.4. The first kappa shape index (κ1) is 17.2. The van der Waals surface area contributed by atoms with Crippen LogP contribution in [0.25, 0.3) is 11.5 Å². The van der Waals surface area contributed by atoms with Crippen LogP contribution in [-0.4, -0.2) is 40.8 Å². The molecule has 0 saturated carbocycles. The Labute approximate surface area is 147 Å². The summed E-state index contributed by atoms with van der Waals surface area (Å²) in [6.45, 7) is 6.72. The van der Waals surface area contributed by atoms with Gasteiger partial charge in [-0.25, -0.2) is 4.98 Å². The minimum atomic E-state index is -0.429. The third-order valence-electron chi connectivity index (χ3n) is 4.44. The van der Waals surface area contributed by atoms with E-state index in [1.807, 2.05) is 51.1 Å². The number of aromatic nitrogens is 1. The number of hydrogen-bond acceptors (Lipinski definition) is 4. The molecule has 2 heterocycles. The number of benzene rings is 1. The lowest BCUT2D eigenvalue weighted by Gasteiger charge is -2.37. The summed E-state index contributed by atoms with van der Waals surface area (Å²) in [7, 11) is 0. The van der Waals surface area contributed by atoms with Crippen molar-refractivity contribution in [2.45, 2.75) is 33.2 Å². The van der Waals surface area contributed by atoms with E-state index in [1.165, 1.54) is 0 Å². The van der Waals surface area contributed by atoms with Crippen molar-refractivity contribution in [1.82, 2.24) is 15.2 Å². The summed E-state index contributed by atoms with van der Waals surface area (Å²) in [5, 5.41) is 2.83. The van der Waals surface area contributed by atoms with Gasteiger partial charge in [-0.1, -0.05) is 32.0 Å². The number of carbonyl (C=O) groups excluding carboxylic acids is 2. The second-order valence-electron chi connectivity index (χ2n) is 6.63. The Bertz CT molecular complexity index is 767. The maximum atomic E-state index is 12.8. The molecule has 0 radical (unpaired) electrons. The molecule has 1 fully saturated rings. The SMILES string of the molecule is Cc1oc(-c2ccccc2)nc1CC(=O)N1CCNC(=O)[C@H]1C(C)C. The Morgan fingerprint density at radius 2 is 2.08 bits per heavy atom. The van der Waals surface area contributed by atoms with Gasteiger partial charge in [-0.2, -0.15) is 0 Å². The first-order valence-electron chi connectivity index (χ1n) is 8.56. The van der Waals surface area contributed by atoms with Crippen molar-refractivity contribution in [2.24, 2.45) is 5.92 Å². The van der Waals surface area contributed by atoms with Crippen molar-refractivity contribution in [1.29, 1.82) is 0 Å². The highest BCUT2D eigenvalue weighted by molar-refractivity contribution is 5.89. The average molecular weight is 341 g/mol. The van der Waals surface area contributed by atoms with Gasteiger partial charge < -0.3 is 14.6 Å². The van der Waals surface area contributed by atoms with Crippen LogP contribution in [0.1, 0.15) is 25.3 Å². The molecule has 1 aliphatic heterocycles. The fourth-order valence-electron chi connectivity index (χ4n) is 3.17. The third kappa shape index (κ3) is 3.57. The second-order valence-corrected chi connectivity index (χ2v) is 6.63. The zero-order chi connectivity index (χ0) is 18.0. The minimum Gasteiger partial charge on any atom is -0.441 e. The Morgan fingerprint density at radius 3 is 2.76 bits per heavy atom. The topological polar surface area (TPSA) is 75.4 Å². The molecule has 1 aliphatic rings. The number of oxazole rings is 1. The number of amides is 2. The van der Waals surface area contributed by atoms with Gasteiger partial charge in [-0.3, -0.25) is 9.59 Å². The summed E-state index contributed by atoms with van der Waals surface area (Å²) in [5.74, 6) is 1.02. The molecule has 1 aromatic heterocycles. The van der Waals surface area contributed by atoms with Crippen molar-refractivity contribution in [3.8, 4) is 11.5 Å². The zero-order valence-electron chi connectivity index (χ0n) is 14.8. The quantitative estimate of drug-likeness (QED) is 0.925. The first-order valence-corrected chi connectivity index (χ1v) is 8.56. The maximum Gasteiger partial charge on any atom is 0.243 e. The molecule has 0 aliphatic carbocycles. The fraction of sp³-hybridized carbons (Fsp3) is 0.421. The van der Waals surface area contributed by atoms with Gasteiger partial charge in [0, 0.05) is 18.7 Å². The molecule has 0 spiro atoms. The lowest BCUT2D eigenvalue weighted by Crippen LogP contribution is -2.59. The largest absolute Gasteiger partial charge is 0.441 e. The van der Waals surface area contributed by atoms with Gasteiger partial charge >= 0.3 is 0 Å². The van der Waals surface area contributed by atoms with Crippen LogP contribution in [0.3, 0.4) is 0 Å². The number of nitrogens with zero attached hydrogens (tertiary/aromatic N) is 2. The molecule has 2 aromatic rings. The Morgan fingerprint density at radius 1 is 1.36 bits per heavy atom. The first-order chi connectivity index (χ1) is 12.0. The molecule has 25 heavy (non-hydrogen) atoms. The van der Waals surface area contributed by atoms with E-state index in [4.69, 9.17) is 4.42 Å². The average Bonchev–Trinajstić information content (AvgIpc) is 2.96. The van der Waals surface area contributed by atoms with E-state index in [9.17, 15) is 9.59 Å². The van der Waals surface area contributed by atoms with E-state index in [-0.39, 0.29) is 24.2 Å². The van der Waals surface area contributed by atoms with Crippen molar-refractivity contribution in [3.05, 3.63) is 41.8 Å². The third-order valence-corrected chi connectivity index (χ3v) is 4.44. The number of aryl methyl sites for hydroxylation is 1. The van der Waals surface area contributed by atoms with Gasteiger partial charge in [0.2, 0.25) is 17.7 Å². The predicted octanol–water partition coefficient (Wildman–Crippen LogP) is 2.18. The van der Waals surface area contributed by atoms with E-state index >= 15 is 0 Å². The lowest BCUT2D eigenvalue weighted by atomic mass is 9.99. The number of nitrogens with one attached hydrogen (secondary N) is 1. The van der Waals surface area contributed by atoms with E-state index in [0.29, 0.717) is 30.4 Å². The monoisotopic (exact) mass is 341 g/mol. The molecule has 6 heteroatoms. The Hall–Kier alpha value is -2.63. The summed E-state index contributed by atoms with van der Waals surface area (Å²) in [5.41, 5.74) is 1.50. The molecule has 1 aromatic carbocycles. The van der Waals surface area contributed by atoms with Crippen LogP contribution in [0, 0.1) is 12.8 Å². The molecule has 2 amide bonds. The maximum absolute atomic E-state index is 12.8. The summed E-state index contributed by atoms with van der Waals surface area (Å²) in [4.78, 5) is 31.1. The van der Waals surface area contributed by atoms with Crippen LogP contribution in [0.5, 0.6) is 0 Å². The lowest BCUT2D eigenvalue weighted by molar-refractivity contribution is -0.144. The predicted molar refractivity (Wildman–Crippen MR) is 93.7 cm³/mol. The van der Waals surface area contributed by atoms with Crippen LogP contribution >= 0.6 is 0 Å². The molecular formula is C19H23N3O3. The minimum absolute atomic E-state index is 0.0579. The second kappa shape index (κ2) is 7.09. The van der Waals surface area contributed by atoms with Gasteiger partial charge in [-0.05, 0) is 25.0 Å². The molecule has 1 atom stereocenters. The van der Waals surface area contributed by atoms with Crippen molar-refractivity contribution < 1.29 is 14.0 Å². The number of piperazine rings is 1. The highest BCUT2D eigenvalue weighted by Crippen LogP contribution is 2.23. The van der Waals surface area contributed by atoms with Crippen LogP contribution in [-0.2, 0) is 16.0 Å². The van der Waals surface area contributed by atoms with E-state index in [0.717, 1.165) is 5.56 Å². The van der Waals surface area contributed by atoms with Gasteiger partial charge in [0.15, 0.2) is 0 Å². The number of rotatable bonds is 4. The van der Waals surface area contributed by atoms with Gasteiger partial charge in [0.1, 0.15) is 11.8 Å². The van der Waals surface area contributed by atoms with Gasteiger partial charge in [0.05, 0.1) is 12.1 Å². The van der Waals surface area contributed by atoms with Crippen molar-refractivity contribution in [3.63, 3.8) is 0 Å². The van der Waals surface area contributed by atoms with E-state index in [2.05, 4.69) is 10.3 Å². The number of carbonyl (C=O) groups is 2. The van der Waals surface area contributed by atoms with Crippen LogP contribution in [0.2, 0.25) is 0 Å². The molecule has 1 N–H and O–H groups in total. The van der Waals surface area contributed by atoms with Crippen LogP contribution in [0.15, 0.2) is 34.7 Å². The fourth-order valence-corrected chi connectivity index (χ4v) is 3.17. The Balaban J connectivity index is 1.79. The van der Waals surface area contributed by atoms with Crippen molar-refractivity contribution >= 4 is 11.8 Å². The van der Waals surface area contributed by atoms with Crippen LogP contribution in [0.4, 0.5) is 0 Å². The normalized spacial score (nSPS) is 17.7. The smallest absolute Gasteiger partial charge is 0.243 e. The standard InChI is InChI=1S/C19H23N3O3/c1-12(2)17-18(24)20-9-10-22(17)16(23)11-15-13(3)25-19(21-15)14-7-5-4-6-8-14/h4-8,12,17H,9-11H2,1-3H3,(H,20,24)/t17-/m1/s1. The van der Waals surface area contributed by atoms with Crippen LogP contribution < -0.4 is 5.32 Å². The number of hydrogen-bond donors (Lipinski definition) is 1. The molecular weight excluding hydrogens is 318 g/mol. The Kier molecular flexibility index (Phi) is 4.88. The molecule has 0 bridgehead atoms.